The number of aromatic nitrogens is 1. The molecule has 6 heteroatoms. The lowest BCUT2D eigenvalue weighted by molar-refractivity contribution is 0.218. The van der Waals surface area contributed by atoms with Gasteiger partial charge in [-0.15, -0.1) is 0 Å². The minimum absolute atomic E-state index is 0.0121. The largest absolute Gasteiger partial charge is 0.494 e. The maximum Gasteiger partial charge on any atom is 0.170 e. The summed E-state index contributed by atoms with van der Waals surface area (Å²) in [5.41, 5.74) is 2.01. The number of nitrogens with zero attached hydrogens (tertiary/aromatic N) is 2. The van der Waals surface area contributed by atoms with Crippen LogP contribution in [-0.4, -0.2) is 27.6 Å². The number of rotatable bonds is 6. The van der Waals surface area contributed by atoms with Crippen LogP contribution in [0.4, 0.5) is 0 Å². The summed E-state index contributed by atoms with van der Waals surface area (Å²) >= 11 is 5.80. The molecule has 0 unspecified atom stereocenters. The predicted octanol–water partition coefficient (Wildman–Crippen LogP) is 5.66. The van der Waals surface area contributed by atoms with Gasteiger partial charge in [0.15, 0.2) is 5.11 Å². The number of hydrogen-bond acceptors (Lipinski definition) is 4. The molecule has 1 saturated heterocycles. The molecular formula is C25H27N3O2S. The van der Waals surface area contributed by atoms with E-state index in [1.54, 1.807) is 0 Å². The Morgan fingerprint density at radius 2 is 1.90 bits per heavy atom. The Morgan fingerprint density at radius 3 is 2.61 bits per heavy atom. The number of ether oxygens (including phenoxy) is 1. The first-order valence-corrected chi connectivity index (χ1v) is 11.5. The maximum absolute atomic E-state index is 6.43. The van der Waals surface area contributed by atoms with Crippen molar-refractivity contribution >= 4 is 17.3 Å². The summed E-state index contributed by atoms with van der Waals surface area (Å²) in [7, 11) is 0. The van der Waals surface area contributed by atoms with Crippen molar-refractivity contribution in [3.63, 3.8) is 0 Å². The summed E-state index contributed by atoms with van der Waals surface area (Å²) in [6, 6.07) is 18.6. The predicted molar refractivity (Wildman–Crippen MR) is 125 cm³/mol. The van der Waals surface area contributed by atoms with E-state index in [9.17, 15) is 0 Å². The molecule has 1 aliphatic carbocycles. The molecule has 0 spiro atoms. The summed E-state index contributed by atoms with van der Waals surface area (Å²) in [6.07, 6.45) is 6.67. The molecule has 2 aliphatic rings. The summed E-state index contributed by atoms with van der Waals surface area (Å²) in [5, 5.41) is 4.33. The van der Waals surface area contributed by atoms with E-state index >= 15 is 0 Å². The average molecular weight is 434 g/mol. The van der Waals surface area contributed by atoms with Gasteiger partial charge in [-0.1, -0.05) is 18.9 Å². The van der Waals surface area contributed by atoms with Crippen LogP contribution in [0.1, 0.15) is 56.1 Å². The highest BCUT2D eigenvalue weighted by Gasteiger charge is 2.45. The van der Waals surface area contributed by atoms with Crippen LogP contribution >= 0.6 is 12.2 Å². The van der Waals surface area contributed by atoms with Gasteiger partial charge in [0.25, 0.3) is 0 Å². The minimum Gasteiger partial charge on any atom is -0.494 e. The molecule has 31 heavy (non-hydrogen) atoms. The molecule has 2 atom stereocenters. The topological polar surface area (TPSA) is 50.5 Å². The molecule has 0 radical (unpaired) electrons. The van der Waals surface area contributed by atoms with E-state index in [4.69, 9.17) is 21.4 Å². The Kier molecular flexibility index (Phi) is 5.64. The fraction of sp³-hybridized carbons (Fsp3) is 0.360. The van der Waals surface area contributed by atoms with E-state index in [2.05, 4.69) is 33.4 Å². The second-order valence-electron chi connectivity index (χ2n) is 8.13. The average Bonchev–Trinajstić information content (AvgIpc) is 3.55. The molecule has 0 bridgehead atoms. The summed E-state index contributed by atoms with van der Waals surface area (Å²) < 4.78 is 12.0. The molecule has 5 nitrogen and oxygen atoms in total. The molecule has 3 heterocycles. The number of furan rings is 1. The lowest BCUT2D eigenvalue weighted by Gasteiger charge is -2.31. The number of benzene rings is 1. The van der Waals surface area contributed by atoms with E-state index in [1.165, 1.54) is 25.7 Å². The van der Waals surface area contributed by atoms with Crippen LogP contribution in [-0.2, 0) is 0 Å². The van der Waals surface area contributed by atoms with Gasteiger partial charge in [-0.05, 0) is 80.5 Å². The van der Waals surface area contributed by atoms with Crippen LogP contribution in [0.5, 0.6) is 5.75 Å². The SMILES string of the molecule is CCOc1ccc(-c2ccc([C@@H]3[C@@H](c4ccccn4)NC(=S)N3C3CCCC3)o2)cc1. The molecule has 1 N–H and O–H groups in total. The van der Waals surface area contributed by atoms with Gasteiger partial charge in [-0.2, -0.15) is 0 Å². The highest BCUT2D eigenvalue weighted by molar-refractivity contribution is 7.80. The highest BCUT2D eigenvalue weighted by atomic mass is 32.1. The highest BCUT2D eigenvalue weighted by Crippen LogP contribution is 2.44. The van der Waals surface area contributed by atoms with Gasteiger partial charge in [-0.25, -0.2) is 0 Å². The molecule has 3 aromatic rings. The lowest BCUT2D eigenvalue weighted by Crippen LogP contribution is -2.37. The van der Waals surface area contributed by atoms with E-state index in [1.807, 2.05) is 49.5 Å². The standard InChI is InChI=1S/C25H27N3O2S/c1-2-29-19-12-10-17(11-13-19)21-14-15-22(30-21)24-23(20-9-5-6-16-26-20)27-25(31)28(24)18-7-3-4-8-18/h5-6,9-16,18,23-24H,2-4,7-8H2,1H3,(H,27,31)/t23-,24-/m1/s1. The van der Waals surface area contributed by atoms with Gasteiger partial charge in [0.1, 0.15) is 23.3 Å². The van der Waals surface area contributed by atoms with Gasteiger partial charge in [0, 0.05) is 17.8 Å². The molecule has 1 saturated carbocycles. The van der Waals surface area contributed by atoms with E-state index in [0.29, 0.717) is 12.6 Å². The summed E-state index contributed by atoms with van der Waals surface area (Å²) in [5.74, 6) is 2.63. The Hall–Kier alpha value is -2.86. The van der Waals surface area contributed by atoms with Gasteiger partial charge < -0.3 is 19.4 Å². The zero-order valence-corrected chi connectivity index (χ0v) is 18.5. The van der Waals surface area contributed by atoms with E-state index < -0.39 is 0 Å². The normalized spacial score (nSPS) is 21.5. The zero-order valence-electron chi connectivity index (χ0n) is 17.7. The van der Waals surface area contributed by atoms with Crippen molar-refractivity contribution in [3.8, 4) is 17.1 Å². The third-order valence-corrected chi connectivity index (χ3v) is 6.55. The third-order valence-electron chi connectivity index (χ3n) is 6.22. The van der Waals surface area contributed by atoms with Crippen molar-refractivity contribution in [1.82, 2.24) is 15.2 Å². The first-order chi connectivity index (χ1) is 15.2. The van der Waals surface area contributed by atoms with Crippen molar-refractivity contribution in [2.75, 3.05) is 6.61 Å². The molecule has 1 aliphatic heterocycles. The van der Waals surface area contributed by atoms with Crippen molar-refractivity contribution < 1.29 is 9.15 Å². The van der Waals surface area contributed by atoms with Crippen molar-refractivity contribution in [3.05, 3.63) is 72.2 Å². The van der Waals surface area contributed by atoms with Gasteiger partial charge >= 0.3 is 0 Å². The summed E-state index contributed by atoms with van der Waals surface area (Å²) in [6.45, 7) is 2.64. The Morgan fingerprint density at radius 1 is 1.10 bits per heavy atom. The molecule has 2 aromatic heterocycles. The number of pyridine rings is 1. The number of hydrogen-bond donors (Lipinski definition) is 1. The Labute approximate surface area is 188 Å². The van der Waals surface area contributed by atoms with Gasteiger partial charge in [0.2, 0.25) is 0 Å². The third kappa shape index (κ3) is 3.92. The fourth-order valence-electron chi connectivity index (χ4n) is 4.79. The molecule has 5 rings (SSSR count). The second kappa shape index (κ2) is 8.71. The lowest BCUT2D eigenvalue weighted by atomic mass is 10.0. The van der Waals surface area contributed by atoms with Crippen molar-refractivity contribution in [2.45, 2.75) is 50.7 Å². The van der Waals surface area contributed by atoms with Crippen molar-refractivity contribution in [2.24, 2.45) is 0 Å². The minimum atomic E-state index is -0.0337. The van der Waals surface area contributed by atoms with Crippen LogP contribution in [0, 0.1) is 0 Å². The quantitative estimate of drug-likeness (QED) is 0.507. The first kappa shape index (κ1) is 20.1. The Balaban J connectivity index is 1.49. The number of thiocarbonyl (C=S) groups is 1. The molecule has 1 aromatic carbocycles. The van der Waals surface area contributed by atoms with Crippen molar-refractivity contribution in [1.29, 1.82) is 0 Å². The smallest absolute Gasteiger partial charge is 0.170 e. The molecule has 160 valence electrons. The van der Waals surface area contributed by atoms with Crippen LogP contribution in [0.3, 0.4) is 0 Å². The van der Waals surface area contributed by atoms with E-state index in [-0.39, 0.29) is 12.1 Å². The zero-order chi connectivity index (χ0) is 21.2. The maximum atomic E-state index is 6.43. The number of nitrogens with one attached hydrogen (secondary N) is 1. The monoisotopic (exact) mass is 433 g/mol. The molecule has 0 amide bonds. The van der Waals surface area contributed by atoms with Gasteiger partial charge in [-0.3, -0.25) is 4.98 Å². The van der Waals surface area contributed by atoms with E-state index in [0.717, 1.165) is 33.6 Å². The van der Waals surface area contributed by atoms with Crippen LogP contribution < -0.4 is 10.1 Å². The van der Waals surface area contributed by atoms with Crippen LogP contribution in [0.15, 0.2) is 65.2 Å². The Bertz CT molecular complexity index is 1030. The first-order valence-electron chi connectivity index (χ1n) is 11.1. The molecular weight excluding hydrogens is 406 g/mol. The second-order valence-corrected chi connectivity index (χ2v) is 8.52. The van der Waals surface area contributed by atoms with Crippen LogP contribution in [0.25, 0.3) is 11.3 Å². The van der Waals surface area contributed by atoms with Crippen LogP contribution in [0.2, 0.25) is 0 Å². The molecule has 2 fully saturated rings. The fourth-order valence-corrected chi connectivity index (χ4v) is 5.18. The summed E-state index contributed by atoms with van der Waals surface area (Å²) in [4.78, 5) is 6.98. The van der Waals surface area contributed by atoms with Gasteiger partial charge in [0.05, 0.1) is 18.3 Å².